The monoisotopic (exact) mass is 380 g/mol. The largest absolute Gasteiger partial charge is 0.322 e. The van der Waals surface area contributed by atoms with Crippen LogP contribution in [0.5, 0.6) is 0 Å². The number of benzene rings is 3. The molecule has 0 radical (unpaired) electrons. The fraction of sp³-hybridized carbons (Fsp3) is 0.0952. The summed E-state index contributed by atoms with van der Waals surface area (Å²) >= 11 is 0. The van der Waals surface area contributed by atoms with Gasteiger partial charge in [0.2, 0.25) is 0 Å². The van der Waals surface area contributed by atoms with Gasteiger partial charge in [-0.05, 0) is 61.0 Å². The first-order valence-corrected chi connectivity index (χ1v) is 9.84. The Balaban J connectivity index is 1.79. The lowest BCUT2D eigenvalue weighted by atomic mass is 10.2. The number of para-hydroxylation sites is 1. The second kappa shape index (κ2) is 7.63. The number of nitrogens with one attached hydrogen (secondary N) is 1. The van der Waals surface area contributed by atoms with Crippen molar-refractivity contribution in [2.45, 2.75) is 11.8 Å². The van der Waals surface area contributed by atoms with Gasteiger partial charge in [-0.1, -0.05) is 30.3 Å². The van der Waals surface area contributed by atoms with Crippen LogP contribution in [0.2, 0.25) is 0 Å². The van der Waals surface area contributed by atoms with E-state index >= 15 is 0 Å². The number of anilines is 2. The smallest absolute Gasteiger partial charge is 0.264 e. The van der Waals surface area contributed by atoms with Gasteiger partial charge in [-0.25, -0.2) is 8.42 Å². The van der Waals surface area contributed by atoms with Crippen molar-refractivity contribution < 1.29 is 13.2 Å². The molecule has 0 saturated heterocycles. The van der Waals surface area contributed by atoms with Crippen LogP contribution in [0.3, 0.4) is 0 Å². The van der Waals surface area contributed by atoms with Crippen LogP contribution < -0.4 is 9.62 Å². The highest BCUT2D eigenvalue weighted by Crippen LogP contribution is 2.22. The van der Waals surface area contributed by atoms with Gasteiger partial charge < -0.3 is 5.32 Å². The van der Waals surface area contributed by atoms with Gasteiger partial charge in [0.25, 0.3) is 15.9 Å². The molecule has 0 spiro atoms. The molecule has 0 aliphatic carbocycles. The molecule has 0 unspecified atom stereocenters. The Bertz CT molecular complexity index is 1050. The van der Waals surface area contributed by atoms with E-state index in [0.29, 0.717) is 16.9 Å². The van der Waals surface area contributed by atoms with Crippen molar-refractivity contribution in [3.05, 3.63) is 90.0 Å². The highest BCUT2D eigenvalue weighted by atomic mass is 32.2. The summed E-state index contributed by atoms with van der Waals surface area (Å²) in [6.07, 6.45) is 0. The summed E-state index contributed by atoms with van der Waals surface area (Å²) < 4.78 is 26.8. The predicted molar refractivity (Wildman–Crippen MR) is 108 cm³/mol. The second-order valence-electron chi connectivity index (χ2n) is 6.16. The summed E-state index contributed by atoms with van der Waals surface area (Å²) in [4.78, 5) is 12.5. The fourth-order valence-electron chi connectivity index (χ4n) is 2.64. The van der Waals surface area contributed by atoms with Gasteiger partial charge in [-0.15, -0.1) is 0 Å². The van der Waals surface area contributed by atoms with E-state index in [1.54, 1.807) is 30.3 Å². The van der Waals surface area contributed by atoms with Gasteiger partial charge in [0.1, 0.15) is 0 Å². The van der Waals surface area contributed by atoms with Crippen LogP contribution >= 0.6 is 0 Å². The minimum Gasteiger partial charge on any atom is -0.322 e. The molecule has 3 rings (SSSR count). The third-order valence-electron chi connectivity index (χ3n) is 4.17. The molecule has 27 heavy (non-hydrogen) atoms. The summed E-state index contributed by atoms with van der Waals surface area (Å²) in [6, 6.07) is 22.2. The minimum atomic E-state index is -3.70. The molecule has 5 nitrogen and oxygen atoms in total. The summed E-state index contributed by atoms with van der Waals surface area (Å²) in [7, 11) is -2.19. The maximum absolute atomic E-state index is 12.8. The number of carbonyl (C=O) groups is 1. The van der Waals surface area contributed by atoms with Crippen molar-refractivity contribution in [2.24, 2.45) is 0 Å². The lowest BCUT2D eigenvalue weighted by Gasteiger charge is -2.19. The number of amides is 1. The Hall–Kier alpha value is -3.12. The Kier molecular flexibility index (Phi) is 5.28. The number of nitrogens with zero attached hydrogens (tertiary/aromatic N) is 1. The zero-order chi connectivity index (χ0) is 19.4. The first-order valence-electron chi connectivity index (χ1n) is 8.40. The molecule has 138 valence electrons. The molecule has 3 aromatic rings. The maximum atomic E-state index is 12.8. The molecule has 0 aliphatic heterocycles. The zero-order valence-electron chi connectivity index (χ0n) is 15.1. The SMILES string of the molecule is Cc1cccc(NC(=O)c2ccc(S(=O)(=O)N(C)c3ccccc3)cc2)c1. The Morgan fingerprint density at radius 2 is 1.56 bits per heavy atom. The van der Waals surface area contributed by atoms with Crippen molar-refractivity contribution in [3.63, 3.8) is 0 Å². The molecule has 0 saturated carbocycles. The van der Waals surface area contributed by atoms with E-state index in [4.69, 9.17) is 0 Å². The van der Waals surface area contributed by atoms with Crippen molar-refractivity contribution in [3.8, 4) is 0 Å². The van der Waals surface area contributed by atoms with Crippen LogP contribution in [-0.2, 0) is 10.0 Å². The van der Waals surface area contributed by atoms with Crippen LogP contribution in [0, 0.1) is 6.92 Å². The average Bonchev–Trinajstić information content (AvgIpc) is 2.68. The number of rotatable bonds is 5. The van der Waals surface area contributed by atoms with E-state index in [2.05, 4.69) is 5.32 Å². The molecule has 0 aromatic heterocycles. The average molecular weight is 380 g/mol. The van der Waals surface area contributed by atoms with E-state index in [0.717, 1.165) is 5.56 Å². The van der Waals surface area contributed by atoms with Crippen molar-refractivity contribution in [1.29, 1.82) is 0 Å². The Labute approximate surface area is 159 Å². The van der Waals surface area contributed by atoms with Crippen LogP contribution in [0.1, 0.15) is 15.9 Å². The number of aryl methyl sites for hydroxylation is 1. The van der Waals surface area contributed by atoms with E-state index in [1.807, 2.05) is 31.2 Å². The highest BCUT2D eigenvalue weighted by Gasteiger charge is 2.21. The first-order chi connectivity index (χ1) is 12.9. The molecule has 0 atom stereocenters. The van der Waals surface area contributed by atoms with Crippen LogP contribution in [0.4, 0.5) is 11.4 Å². The van der Waals surface area contributed by atoms with Gasteiger partial charge >= 0.3 is 0 Å². The maximum Gasteiger partial charge on any atom is 0.264 e. The van der Waals surface area contributed by atoms with Crippen LogP contribution in [0.15, 0.2) is 83.8 Å². The van der Waals surface area contributed by atoms with E-state index in [-0.39, 0.29) is 10.8 Å². The fourth-order valence-corrected chi connectivity index (χ4v) is 3.83. The minimum absolute atomic E-state index is 0.126. The van der Waals surface area contributed by atoms with Crippen LogP contribution in [-0.4, -0.2) is 21.4 Å². The molecule has 1 amide bonds. The highest BCUT2D eigenvalue weighted by molar-refractivity contribution is 7.92. The summed E-state index contributed by atoms with van der Waals surface area (Å²) in [6.45, 7) is 1.94. The Morgan fingerprint density at radius 1 is 0.889 bits per heavy atom. The van der Waals surface area contributed by atoms with Crippen LogP contribution in [0.25, 0.3) is 0 Å². The third kappa shape index (κ3) is 4.17. The molecule has 0 fully saturated rings. The Morgan fingerprint density at radius 3 is 2.19 bits per heavy atom. The third-order valence-corrected chi connectivity index (χ3v) is 5.97. The van der Waals surface area contributed by atoms with E-state index < -0.39 is 10.0 Å². The molecule has 0 aliphatic rings. The molecule has 1 N–H and O–H groups in total. The van der Waals surface area contributed by atoms with E-state index in [9.17, 15) is 13.2 Å². The summed E-state index contributed by atoms with van der Waals surface area (Å²) in [5, 5.41) is 2.81. The number of sulfonamides is 1. The molecule has 6 heteroatoms. The van der Waals surface area contributed by atoms with Crippen molar-refractivity contribution >= 4 is 27.3 Å². The lowest BCUT2D eigenvalue weighted by molar-refractivity contribution is 0.102. The normalized spacial score (nSPS) is 11.0. The molecule has 0 bridgehead atoms. The zero-order valence-corrected chi connectivity index (χ0v) is 15.9. The van der Waals surface area contributed by atoms with Gasteiger partial charge in [-0.3, -0.25) is 9.10 Å². The van der Waals surface area contributed by atoms with Crippen molar-refractivity contribution in [1.82, 2.24) is 0 Å². The van der Waals surface area contributed by atoms with Crippen molar-refractivity contribution in [2.75, 3.05) is 16.7 Å². The standard InChI is InChI=1S/C21H20N2O3S/c1-16-7-6-8-18(15-16)22-21(24)17-11-13-20(14-12-17)27(25,26)23(2)19-9-4-3-5-10-19/h3-15H,1-2H3,(H,22,24). The number of carbonyl (C=O) groups excluding carboxylic acids is 1. The molecular formula is C21H20N2O3S. The number of hydrogen-bond donors (Lipinski definition) is 1. The summed E-state index contributed by atoms with van der Waals surface area (Å²) in [5.41, 5.74) is 2.69. The molecular weight excluding hydrogens is 360 g/mol. The first kappa shape index (κ1) is 18.7. The second-order valence-corrected chi connectivity index (χ2v) is 8.13. The topological polar surface area (TPSA) is 66.5 Å². The molecule has 0 heterocycles. The van der Waals surface area contributed by atoms with Gasteiger partial charge in [0, 0.05) is 18.3 Å². The number of hydrogen-bond acceptors (Lipinski definition) is 3. The summed E-state index contributed by atoms with van der Waals surface area (Å²) in [5.74, 6) is -0.291. The van der Waals surface area contributed by atoms with Gasteiger partial charge in [0.15, 0.2) is 0 Å². The molecule has 3 aromatic carbocycles. The lowest BCUT2D eigenvalue weighted by Crippen LogP contribution is -2.26. The van der Waals surface area contributed by atoms with E-state index in [1.165, 1.54) is 35.6 Å². The van der Waals surface area contributed by atoms with Gasteiger partial charge in [-0.2, -0.15) is 0 Å². The van der Waals surface area contributed by atoms with Gasteiger partial charge in [0.05, 0.1) is 10.6 Å². The quantitative estimate of drug-likeness (QED) is 0.725. The predicted octanol–water partition coefficient (Wildman–Crippen LogP) is 4.07.